The van der Waals surface area contributed by atoms with Gasteiger partial charge in [0.15, 0.2) is 0 Å². The van der Waals surface area contributed by atoms with Gasteiger partial charge < -0.3 is 0 Å². The Morgan fingerprint density at radius 1 is 0.852 bits per heavy atom. The SMILES string of the molecule is CCc1ccc(S(=O)(=O)N(NC(=O)c2ccccc2)c2ccccc2)cc1. The summed E-state index contributed by atoms with van der Waals surface area (Å²) in [6.45, 7) is 2.00. The van der Waals surface area contributed by atoms with Crippen LogP contribution in [0, 0.1) is 0 Å². The van der Waals surface area contributed by atoms with Crippen molar-refractivity contribution in [3.8, 4) is 0 Å². The lowest BCUT2D eigenvalue weighted by Gasteiger charge is -2.25. The molecule has 0 spiro atoms. The van der Waals surface area contributed by atoms with Gasteiger partial charge in [-0.2, -0.15) is 12.8 Å². The summed E-state index contributed by atoms with van der Waals surface area (Å²) in [5.41, 5.74) is 4.28. The highest BCUT2D eigenvalue weighted by Crippen LogP contribution is 2.22. The fourth-order valence-electron chi connectivity index (χ4n) is 2.58. The average Bonchev–Trinajstić information content (AvgIpc) is 2.73. The molecule has 0 saturated heterocycles. The van der Waals surface area contributed by atoms with Crippen LogP contribution in [0.25, 0.3) is 0 Å². The van der Waals surface area contributed by atoms with Crippen LogP contribution in [-0.2, 0) is 16.4 Å². The monoisotopic (exact) mass is 380 g/mol. The molecule has 0 aliphatic heterocycles. The molecule has 27 heavy (non-hydrogen) atoms. The summed E-state index contributed by atoms with van der Waals surface area (Å²) < 4.78 is 27.3. The van der Waals surface area contributed by atoms with Crippen LogP contribution in [0.15, 0.2) is 89.8 Å². The van der Waals surface area contributed by atoms with Crippen LogP contribution >= 0.6 is 0 Å². The van der Waals surface area contributed by atoms with E-state index in [4.69, 9.17) is 0 Å². The molecule has 0 unspecified atom stereocenters. The van der Waals surface area contributed by atoms with Gasteiger partial charge in [0.25, 0.3) is 15.9 Å². The van der Waals surface area contributed by atoms with E-state index in [0.29, 0.717) is 11.3 Å². The number of anilines is 1. The van der Waals surface area contributed by atoms with Crippen molar-refractivity contribution in [1.82, 2.24) is 5.43 Å². The summed E-state index contributed by atoms with van der Waals surface area (Å²) in [7, 11) is -3.98. The molecular weight excluding hydrogens is 360 g/mol. The Morgan fingerprint density at radius 3 is 1.96 bits per heavy atom. The van der Waals surface area contributed by atoms with Crippen molar-refractivity contribution in [2.45, 2.75) is 18.2 Å². The number of carbonyl (C=O) groups excluding carboxylic acids is 1. The molecule has 3 aromatic rings. The number of sulfonamides is 1. The molecule has 0 radical (unpaired) electrons. The van der Waals surface area contributed by atoms with Gasteiger partial charge in [0.2, 0.25) is 0 Å². The fourth-order valence-corrected chi connectivity index (χ4v) is 3.87. The summed E-state index contributed by atoms with van der Waals surface area (Å²) in [5.74, 6) is -0.506. The number of para-hydroxylation sites is 1. The van der Waals surface area contributed by atoms with Crippen LogP contribution in [0.5, 0.6) is 0 Å². The maximum Gasteiger partial charge on any atom is 0.281 e. The molecule has 6 heteroatoms. The fraction of sp³-hybridized carbons (Fsp3) is 0.0952. The van der Waals surface area contributed by atoms with Crippen LogP contribution in [0.3, 0.4) is 0 Å². The number of aryl methyl sites for hydroxylation is 1. The number of hydrazine groups is 1. The Balaban J connectivity index is 2.00. The number of hydrogen-bond donors (Lipinski definition) is 1. The molecular formula is C21H20N2O3S. The highest BCUT2D eigenvalue weighted by Gasteiger charge is 2.27. The molecule has 0 bridgehead atoms. The molecule has 5 nitrogen and oxygen atoms in total. The molecule has 3 rings (SSSR count). The van der Waals surface area contributed by atoms with Crippen LogP contribution in [0.4, 0.5) is 5.69 Å². The summed E-state index contributed by atoms with van der Waals surface area (Å²) in [4.78, 5) is 12.7. The second-order valence-electron chi connectivity index (χ2n) is 5.91. The lowest BCUT2D eigenvalue weighted by Crippen LogP contribution is -2.46. The van der Waals surface area contributed by atoms with E-state index >= 15 is 0 Å². The summed E-state index contributed by atoms with van der Waals surface area (Å²) in [6.07, 6.45) is 0.813. The Labute approximate surface area is 159 Å². The lowest BCUT2D eigenvalue weighted by atomic mass is 10.2. The minimum atomic E-state index is -3.98. The number of hydrogen-bond acceptors (Lipinski definition) is 3. The molecule has 0 fully saturated rings. The Hall–Kier alpha value is -3.12. The van der Waals surface area contributed by atoms with Crippen LogP contribution in [0.2, 0.25) is 0 Å². The van der Waals surface area contributed by atoms with Gasteiger partial charge in [0.05, 0.1) is 10.6 Å². The van der Waals surface area contributed by atoms with E-state index in [0.717, 1.165) is 16.4 Å². The topological polar surface area (TPSA) is 66.5 Å². The van der Waals surface area contributed by atoms with Crippen LogP contribution < -0.4 is 9.84 Å². The zero-order chi connectivity index (χ0) is 19.3. The first-order valence-corrected chi connectivity index (χ1v) is 10.0. The molecule has 138 valence electrons. The minimum Gasteiger partial charge on any atom is -0.267 e. The van der Waals surface area contributed by atoms with Crippen molar-refractivity contribution in [1.29, 1.82) is 0 Å². The third kappa shape index (κ3) is 4.17. The number of carbonyl (C=O) groups is 1. The summed E-state index contributed by atoms with van der Waals surface area (Å²) in [6, 6.07) is 23.6. The normalized spacial score (nSPS) is 11.0. The average molecular weight is 380 g/mol. The van der Waals surface area contributed by atoms with Crippen molar-refractivity contribution in [3.63, 3.8) is 0 Å². The highest BCUT2D eigenvalue weighted by atomic mass is 32.2. The largest absolute Gasteiger partial charge is 0.281 e. The van der Waals surface area contributed by atoms with Crippen molar-refractivity contribution in [3.05, 3.63) is 96.1 Å². The third-order valence-corrected chi connectivity index (χ3v) is 5.75. The van der Waals surface area contributed by atoms with Crippen molar-refractivity contribution < 1.29 is 13.2 Å². The molecule has 0 atom stereocenters. The molecule has 0 saturated carbocycles. The predicted octanol–water partition coefficient (Wildman–Crippen LogP) is 3.79. The molecule has 0 aliphatic rings. The van der Waals surface area contributed by atoms with E-state index in [9.17, 15) is 13.2 Å². The molecule has 3 aromatic carbocycles. The van der Waals surface area contributed by atoms with E-state index in [1.165, 1.54) is 0 Å². The number of nitrogens with one attached hydrogen (secondary N) is 1. The Bertz CT molecular complexity index is 1000. The summed E-state index contributed by atoms with van der Waals surface area (Å²) >= 11 is 0. The minimum absolute atomic E-state index is 0.108. The van der Waals surface area contributed by atoms with E-state index in [2.05, 4.69) is 5.43 Å². The molecule has 0 heterocycles. The van der Waals surface area contributed by atoms with Gasteiger partial charge in [-0.25, -0.2) is 5.43 Å². The second-order valence-corrected chi connectivity index (χ2v) is 7.70. The second kappa shape index (κ2) is 8.05. The van der Waals surface area contributed by atoms with Crippen LogP contribution in [-0.4, -0.2) is 14.3 Å². The highest BCUT2D eigenvalue weighted by molar-refractivity contribution is 7.92. The van der Waals surface area contributed by atoms with Crippen molar-refractivity contribution in [2.75, 3.05) is 4.41 Å². The lowest BCUT2D eigenvalue weighted by molar-refractivity contribution is 0.0955. The van der Waals surface area contributed by atoms with Gasteiger partial charge in [-0.15, -0.1) is 0 Å². The van der Waals surface area contributed by atoms with Gasteiger partial charge in [0, 0.05) is 5.56 Å². The van der Waals surface area contributed by atoms with E-state index < -0.39 is 15.9 Å². The zero-order valence-electron chi connectivity index (χ0n) is 14.9. The zero-order valence-corrected chi connectivity index (χ0v) is 15.7. The number of nitrogens with zero attached hydrogens (tertiary/aromatic N) is 1. The number of rotatable bonds is 6. The Morgan fingerprint density at radius 2 is 1.41 bits per heavy atom. The van der Waals surface area contributed by atoms with Gasteiger partial charge in [-0.05, 0) is 48.4 Å². The van der Waals surface area contributed by atoms with Gasteiger partial charge in [0.1, 0.15) is 0 Å². The van der Waals surface area contributed by atoms with Crippen LogP contribution in [0.1, 0.15) is 22.8 Å². The first-order chi connectivity index (χ1) is 13.0. The first-order valence-electron chi connectivity index (χ1n) is 8.57. The maximum atomic E-state index is 13.2. The van der Waals surface area contributed by atoms with Gasteiger partial charge in [-0.1, -0.05) is 55.5 Å². The van der Waals surface area contributed by atoms with E-state index in [1.807, 2.05) is 6.92 Å². The molecule has 1 N–H and O–H groups in total. The predicted molar refractivity (Wildman–Crippen MR) is 106 cm³/mol. The third-order valence-electron chi connectivity index (χ3n) is 4.10. The van der Waals surface area contributed by atoms with Gasteiger partial charge in [-0.3, -0.25) is 4.79 Å². The summed E-state index contributed by atoms with van der Waals surface area (Å²) in [5, 5.41) is 0. The standard InChI is InChI=1S/C21H20N2O3S/c1-2-17-13-15-20(16-14-17)27(25,26)23(19-11-7-4-8-12-19)22-21(24)18-9-5-3-6-10-18/h3-16H,2H2,1H3,(H,22,24). The molecule has 1 amide bonds. The van der Waals surface area contributed by atoms with Crippen molar-refractivity contribution >= 4 is 21.6 Å². The smallest absolute Gasteiger partial charge is 0.267 e. The number of benzene rings is 3. The van der Waals surface area contributed by atoms with E-state index in [1.54, 1.807) is 84.9 Å². The first kappa shape index (κ1) is 18.7. The Kier molecular flexibility index (Phi) is 5.57. The molecule has 0 aliphatic carbocycles. The quantitative estimate of drug-likeness (QED) is 0.662. The van der Waals surface area contributed by atoms with Gasteiger partial charge >= 0.3 is 0 Å². The number of amides is 1. The molecule has 0 aromatic heterocycles. The van der Waals surface area contributed by atoms with Crippen molar-refractivity contribution in [2.24, 2.45) is 0 Å². The van der Waals surface area contributed by atoms with E-state index in [-0.39, 0.29) is 4.90 Å². The maximum absolute atomic E-state index is 13.2.